The van der Waals surface area contributed by atoms with Crippen LogP contribution in [-0.4, -0.2) is 5.91 Å². The lowest BCUT2D eigenvalue weighted by atomic mass is 9.99. The second kappa shape index (κ2) is 8.87. The number of nitrogens with two attached hydrogens (primary N) is 1. The molecule has 0 aliphatic carbocycles. The van der Waals surface area contributed by atoms with Gasteiger partial charge < -0.3 is 0 Å². The van der Waals surface area contributed by atoms with E-state index < -0.39 is 11.7 Å². The number of alkyl halides is 3. The summed E-state index contributed by atoms with van der Waals surface area (Å²) in [7, 11) is 0. The van der Waals surface area contributed by atoms with E-state index in [4.69, 9.17) is 5.84 Å². The Bertz CT molecular complexity index is 715. The zero-order chi connectivity index (χ0) is 17.7. The number of carbonyl (C=O) groups excluding carboxylic acids is 1. The molecule has 0 aliphatic heterocycles. The van der Waals surface area contributed by atoms with Crippen molar-refractivity contribution in [1.82, 2.24) is 5.43 Å². The van der Waals surface area contributed by atoms with Crippen LogP contribution in [0.15, 0.2) is 42.5 Å². The van der Waals surface area contributed by atoms with Crippen molar-refractivity contribution in [1.29, 1.82) is 0 Å². The van der Waals surface area contributed by atoms with Crippen molar-refractivity contribution in [2.24, 2.45) is 5.84 Å². The lowest BCUT2D eigenvalue weighted by Gasteiger charge is -2.11. The topological polar surface area (TPSA) is 55.1 Å². The molecule has 3 N–H and O–H groups in total. The molecule has 0 aliphatic rings. The van der Waals surface area contributed by atoms with Gasteiger partial charge in [-0.2, -0.15) is 13.2 Å². The maximum absolute atomic E-state index is 12.8. The number of amides is 1. The molecular weight excluding hydrogens is 353 g/mol. The Morgan fingerprint density at radius 1 is 1.00 bits per heavy atom. The zero-order valence-corrected chi connectivity index (χ0v) is 14.5. The Morgan fingerprint density at radius 2 is 1.56 bits per heavy atom. The van der Waals surface area contributed by atoms with Crippen LogP contribution < -0.4 is 11.3 Å². The molecule has 0 heterocycles. The number of benzene rings is 2. The van der Waals surface area contributed by atoms with Gasteiger partial charge in [-0.3, -0.25) is 10.2 Å². The van der Waals surface area contributed by atoms with Crippen LogP contribution in [0.4, 0.5) is 13.2 Å². The van der Waals surface area contributed by atoms with Gasteiger partial charge in [0, 0.05) is 0 Å². The van der Waals surface area contributed by atoms with Crippen molar-refractivity contribution >= 4 is 18.3 Å². The number of halogens is 4. The van der Waals surface area contributed by atoms with Crippen molar-refractivity contribution in [3.63, 3.8) is 0 Å². The lowest BCUT2D eigenvalue weighted by Crippen LogP contribution is -2.31. The van der Waals surface area contributed by atoms with E-state index in [0.717, 1.165) is 17.2 Å². The van der Waals surface area contributed by atoms with Crippen LogP contribution in [-0.2, 0) is 30.2 Å². The third-order valence-electron chi connectivity index (χ3n) is 3.72. The molecule has 0 saturated heterocycles. The molecule has 2 rings (SSSR count). The molecule has 1 amide bonds. The van der Waals surface area contributed by atoms with E-state index in [0.29, 0.717) is 24.0 Å². The van der Waals surface area contributed by atoms with Crippen molar-refractivity contribution in [3.05, 3.63) is 70.3 Å². The number of nitrogens with one attached hydrogen (secondary N) is 1. The van der Waals surface area contributed by atoms with Gasteiger partial charge in [0.2, 0.25) is 5.91 Å². The molecule has 2 aromatic rings. The van der Waals surface area contributed by atoms with Crippen molar-refractivity contribution in [3.8, 4) is 0 Å². The highest BCUT2D eigenvalue weighted by atomic mass is 35.5. The molecular formula is C18H20ClF3N2O. The zero-order valence-electron chi connectivity index (χ0n) is 13.7. The molecule has 0 atom stereocenters. The van der Waals surface area contributed by atoms with Crippen LogP contribution in [0.5, 0.6) is 0 Å². The monoisotopic (exact) mass is 372 g/mol. The van der Waals surface area contributed by atoms with Gasteiger partial charge in [0.1, 0.15) is 0 Å². The maximum atomic E-state index is 12.8. The fraction of sp³-hybridized carbons (Fsp3) is 0.278. The Balaban J connectivity index is 0.00000312. The number of carbonyl (C=O) groups is 1. The summed E-state index contributed by atoms with van der Waals surface area (Å²) in [5.41, 5.74) is 4.55. The highest BCUT2D eigenvalue weighted by Gasteiger charge is 2.30. The summed E-state index contributed by atoms with van der Waals surface area (Å²) >= 11 is 0. The third-order valence-corrected chi connectivity index (χ3v) is 3.72. The maximum Gasteiger partial charge on any atom is 0.416 e. The molecule has 0 bridgehead atoms. The number of aryl methyl sites for hydroxylation is 3. The molecule has 7 heteroatoms. The van der Waals surface area contributed by atoms with Crippen LogP contribution in [0.2, 0.25) is 0 Å². The van der Waals surface area contributed by atoms with Crippen LogP contribution in [0.3, 0.4) is 0 Å². The fourth-order valence-corrected chi connectivity index (χ4v) is 2.52. The average Bonchev–Trinajstić information content (AvgIpc) is 2.53. The summed E-state index contributed by atoms with van der Waals surface area (Å²) in [6, 6.07) is 11.5. The van der Waals surface area contributed by atoms with E-state index in [-0.39, 0.29) is 24.7 Å². The molecule has 0 radical (unpaired) electrons. The number of rotatable bonds is 5. The van der Waals surface area contributed by atoms with Gasteiger partial charge in [-0.15, -0.1) is 12.4 Å². The first-order valence-corrected chi connectivity index (χ1v) is 7.53. The molecule has 3 nitrogen and oxygen atoms in total. The summed E-state index contributed by atoms with van der Waals surface area (Å²) in [6.07, 6.45) is -2.98. The quantitative estimate of drug-likeness (QED) is 0.477. The predicted octanol–water partition coefficient (Wildman–Crippen LogP) is 3.75. The summed E-state index contributed by atoms with van der Waals surface area (Å²) in [4.78, 5) is 11.2. The van der Waals surface area contributed by atoms with Crippen LogP contribution in [0.1, 0.15) is 27.8 Å². The van der Waals surface area contributed by atoms with Crippen LogP contribution in [0.25, 0.3) is 0 Å². The highest BCUT2D eigenvalue weighted by molar-refractivity contribution is 5.85. The molecule has 25 heavy (non-hydrogen) atoms. The SMILES string of the molecule is Cc1cc(CCc2ccc(CC(=O)NN)cc2)cc(C(F)(F)F)c1.Cl. The first kappa shape index (κ1) is 21.0. The highest BCUT2D eigenvalue weighted by Crippen LogP contribution is 2.30. The van der Waals surface area contributed by atoms with Gasteiger partial charge in [-0.05, 0) is 48.6 Å². The molecule has 136 valence electrons. The Kier molecular flexibility index (Phi) is 7.45. The molecule has 2 aromatic carbocycles. The Labute approximate surface area is 150 Å². The predicted molar refractivity (Wildman–Crippen MR) is 93.3 cm³/mol. The first-order chi connectivity index (χ1) is 11.3. The van der Waals surface area contributed by atoms with Gasteiger partial charge in [-0.1, -0.05) is 35.9 Å². The fourth-order valence-electron chi connectivity index (χ4n) is 2.52. The van der Waals surface area contributed by atoms with Crippen LogP contribution in [0, 0.1) is 6.92 Å². The molecule has 0 aromatic heterocycles. The van der Waals surface area contributed by atoms with Crippen LogP contribution >= 0.6 is 12.4 Å². The largest absolute Gasteiger partial charge is 0.416 e. The van der Waals surface area contributed by atoms with E-state index in [1.807, 2.05) is 24.3 Å². The Hall–Kier alpha value is -2.05. The minimum absolute atomic E-state index is 0. The van der Waals surface area contributed by atoms with E-state index in [2.05, 4.69) is 5.43 Å². The van der Waals surface area contributed by atoms with Gasteiger partial charge in [0.25, 0.3) is 0 Å². The van der Waals surface area contributed by atoms with Crippen molar-refractivity contribution < 1.29 is 18.0 Å². The number of hydrogen-bond donors (Lipinski definition) is 2. The first-order valence-electron chi connectivity index (χ1n) is 7.53. The van der Waals surface area contributed by atoms with Gasteiger partial charge in [0.05, 0.1) is 12.0 Å². The molecule has 0 unspecified atom stereocenters. The number of hydrazine groups is 1. The van der Waals surface area contributed by atoms with Crippen molar-refractivity contribution in [2.75, 3.05) is 0 Å². The van der Waals surface area contributed by atoms with E-state index in [1.54, 1.807) is 13.0 Å². The molecule has 0 spiro atoms. The standard InChI is InChI=1S/C18H19F3N2O.ClH/c1-12-8-15(10-16(9-12)18(19,20)21)7-4-13-2-5-14(6-3-13)11-17(24)23-22;/h2-3,5-6,8-10H,4,7,11,22H2,1H3,(H,23,24);1H. The van der Waals surface area contributed by atoms with Gasteiger partial charge in [-0.25, -0.2) is 5.84 Å². The van der Waals surface area contributed by atoms with E-state index in [9.17, 15) is 18.0 Å². The summed E-state index contributed by atoms with van der Waals surface area (Å²) < 4.78 is 38.5. The average molecular weight is 373 g/mol. The summed E-state index contributed by atoms with van der Waals surface area (Å²) in [5.74, 6) is 4.76. The lowest BCUT2D eigenvalue weighted by molar-refractivity contribution is -0.137. The van der Waals surface area contributed by atoms with Gasteiger partial charge >= 0.3 is 6.18 Å². The second-order valence-corrected chi connectivity index (χ2v) is 5.77. The molecule has 0 saturated carbocycles. The summed E-state index contributed by atoms with van der Waals surface area (Å²) in [5, 5.41) is 0. The molecule has 0 fully saturated rings. The van der Waals surface area contributed by atoms with E-state index >= 15 is 0 Å². The smallest absolute Gasteiger partial charge is 0.294 e. The van der Waals surface area contributed by atoms with E-state index in [1.165, 1.54) is 6.07 Å². The number of hydrogen-bond acceptors (Lipinski definition) is 2. The minimum atomic E-state index is -4.33. The van der Waals surface area contributed by atoms with Crippen molar-refractivity contribution in [2.45, 2.75) is 32.4 Å². The Morgan fingerprint density at radius 3 is 2.12 bits per heavy atom. The second-order valence-electron chi connectivity index (χ2n) is 5.77. The normalized spacial score (nSPS) is 10.9. The van der Waals surface area contributed by atoms with Gasteiger partial charge in [0.15, 0.2) is 0 Å². The summed E-state index contributed by atoms with van der Waals surface area (Å²) in [6.45, 7) is 1.66. The minimum Gasteiger partial charge on any atom is -0.294 e. The third kappa shape index (κ3) is 6.40.